The van der Waals surface area contributed by atoms with Crippen molar-refractivity contribution in [3.05, 3.63) is 57.1 Å². The molecular weight excluding hydrogens is 490 g/mol. The molecule has 13 heteroatoms. The number of rotatable bonds is 12. The van der Waals surface area contributed by atoms with E-state index in [0.29, 0.717) is 6.07 Å². The molecule has 0 atom stereocenters. The minimum absolute atomic E-state index is 0.0323. The average molecular weight is 512 g/mol. The van der Waals surface area contributed by atoms with Gasteiger partial charge in [0.25, 0.3) is 0 Å². The van der Waals surface area contributed by atoms with Crippen LogP contribution < -0.4 is 9.47 Å². The lowest BCUT2D eigenvalue weighted by Crippen LogP contribution is -2.06. The van der Waals surface area contributed by atoms with Crippen molar-refractivity contribution in [3.63, 3.8) is 0 Å². The van der Waals surface area contributed by atoms with Crippen molar-refractivity contribution in [2.45, 2.75) is 26.4 Å². The van der Waals surface area contributed by atoms with Crippen LogP contribution in [0, 0.1) is 10.1 Å². The largest absolute Gasteiger partial charge is 0.487 e. The Kier molecular flexibility index (Phi) is 9.54. The second kappa shape index (κ2) is 11.7. The van der Waals surface area contributed by atoms with E-state index in [0.717, 1.165) is 18.2 Å². The summed E-state index contributed by atoms with van der Waals surface area (Å²) in [5.74, 6) is -0.145. The van der Waals surface area contributed by atoms with Crippen LogP contribution in [0.15, 0.2) is 36.4 Å². The summed E-state index contributed by atoms with van der Waals surface area (Å²) >= 11 is 5.89. The van der Waals surface area contributed by atoms with E-state index in [4.69, 9.17) is 30.1 Å². The van der Waals surface area contributed by atoms with Crippen molar-refractivity contribution in [1.29, 1.82) is 0 Å². The van der Waals surface area contributed by atoms with Gasteiger partial charge in [0.05, 0.1) is 41.5 Å². The van der Waals surface area contributed by atoms with Gasteiger partial charge in [0.2, 0.25) is 5.75 Å². The molecule has 2 aromatic carbocycles. The molecule has 0 aliphatic heterocycles. The molecule has 0 saturated carbocycles. The van der Waals surface area contributed by atoms with Crippen LogP contribution in [0.25, 0.3) is 0 Å². The van der Waals surface area contributed by atoms with Crippen LogP contribution in [0.3, 0.4) is 0 Å². The van der Waals surface area contributed by atoms with Crippen molar-refractivity contribution in [1.82, 2.24) is 0 Å². The summed E-state index contributed by atoms with van der Waals surface area (Å²) in [5, 5.41) is 11.0. The number of alkyl halides is 3. The highest BCUT2D eigenvalue weighted by atomic mass is 35.5. The molecule has 2 rings (SSSR count). The van der Waals surface area contributed by atoms with Crippen molar-refractivity contribution in [3.8, 4) is 17.2 Å². The number of halogens is 4. The molecule has 0 aromatic heterocycles. The van der Waals surface area contributed by atoms with E-state index >= 15 is 0 Å². The summed E-state index contributed by atoms with van der Waals surface area (Å²) in [6, 6.07) is 6.18. The standard InChI is InChI=1S/C20H22ClF3NO7P/c1-3-30-33(28,31-4-2)11-5-10-29-19-13-15(7-8-17(19)25(26)27)32-18-9-6-14(12-16(18)21)20(22,23)24/h6-9,12-13H,3-5,10-11H2,1-2H3. The summed E-state index contributed by atoms with van der Waals surface area (Å²) in [6.45, 7) is 3.74. The second-order valence-electron chi connectivity index (χ2n) is 6.50. The first kappa shape index (κ1) is 26.9. The Balaban J connectivity index is 2.13. The quantitative estimate of drug-likeness (QED) is 0.130. The Labute approximate surface area is 193 Å². The maximum Gasteiger partial charge on any atom is 0.416 e. The fourth-order valence-electron chi connectivity index (χ4n) is 2.71. The fourth-order valence-corrected chi connectivity index (χ4v) is 4.57. The lowest BCUT2D eigenvalue weighted by atomic mass is 10.2. The normalized spacial score (nSPS) is 11.9. The van der Waals surface area contributed by atoms with Crippen LogP contribution in [0.2, 0.25) is 5.02 Å². The van der Waals surface area contributed by atoms with Crippen molar-refractivity contribution >= 4 is 24.9 Å². The Hall–Kier alpha value is -2.33. The molecule has 2 aromatic rings. The first-order chi connectivity index (χ1) is 15.5. The first-order valence-corrected chi connectivity index (χ1v) is 11.9. The van der Waals surface area contributed by atoms with Gasteiger partial charge in [-0.05, 0) is 44.5 Å². The van der Waals surface area contributed by atoms with Gasteiger partial charge in [-0.25, -0.2) is 0 Å². The van der Waals surface area contributed by atoms with Gasteiger partial charge in [0.15, 0.2) is 0 Å². The van der Waals surface area contributed by atoms with Gasteiger partial charge in [-0.1, -0.05) is 11.6 Å². The zero-order valence-corrected chi connectivity index (χ0v) is 19.4. The number of hydrogen-bond donors (Lipinski definition) is 0. The van der Waals surface area contributed by atoms with Gasteiger partial charge < -0.3 is 18.5 Å². The maximum atomic E-state index is 12.8. The lowest BCUT2D eigenvalue weighted by Gasteiger charge is -2.17. The number of hydrogen-bond acceptors (Lipinski definition) is 7. The molecule has 0 bridgehead atoms. The third kappa shape index (κ3) is 7.89. The minimum atomic E-state index is -4.56. The summed E-state index contributed by atoms with van der Waals surface area (Å²) in [5.41, 5.74) is -1.29. The second-order valence-corrected chi connectivity index (χ2v) is 9.10. The van der Waals surface area contributed by atoms with E-state index in [-0.39, 0.29) is 60.4 Å². The highest BCUT2D eigenvalue weighted by molar-refractivity contribution is 7.53. The highest BCUT2D eigenvalue weighted by Crippen LogP contribution is 2.48. The smallest absolute Gasteiger partial charge is 0.416 e. The number of benzene rings is 2. The predicted molar refractivity (Wildman–Crippen MR) is 115 cm³/mol. The van der Waals surface area contributed by atoms with E-state index < -0.39 is 24.3 Å². The molecule has 0 aliphatic carbocycles. The van der Waals surface area contributed by atoms with Crippen molar-refractivity contribution < 1.29 is 41.2 Å². The maximum absolute atomic E-state index is 12.8. The van der Waals surface area contributed by atoms with Crippen LogP contribution in [0.1, 0.15) is 25.8 Å². The molecule has 0 aliphatic rings. The summed E-state index contributed by atoms with van der Waals surface area (Å²) in [4.78, 5) is 10.7. The Bertz CT molecular complexity index is 1010. The fraction of sp³-hybridized carbons (Fsp3) is 0.400. The van der Waals surface area contributed by atoms with Gasteiger partial charge in [-0.15, -0.1) is 0 Å². The monoisotopic (exact) mass is 511 g/mol. The van der Waals surface area contributed by atoms with E-state index in [1.54, 1.807) is 13.8 Å². The van der Waals surface area contributed by atoms with E-state index in [1.165, 1.54) is 12.1 Å². The molecule has 0 unspecified atom stereocenters. The third-order valence-corrected chi connectivity index (χ3v) is 6.56. The predicted octanol–water partition coefficient (Wildman–Crippen LogP) is 7.09. The van der Waals surface area contributed by atoms with Gasteiger partial charge in [-0.2, -0.15) is 13.2 Å². The highest BCUT2D eigenvalue weighted by Gasteiger charge is 2.31. The molecular formula is C20H22ClF3NO7P. The lowest BCUT2D eigenvalue weighted by molar-refractivity contribution is -0.385. The number of ether oxygens (including phenoxy) is 2. The molecule has 0 saturated heterocycles. The van der Waals surface area contributed by atoms with Gasteiger partial charge >= 0.3 is 19.5 Å². The SMILES string of the molecule is CCOP(=O)(CCCOc1cc(Oc2ccc(C(F)(F)F)cc2Cl)ccc1[N+](=O)[O-])OCC. The van der Waals surface area contributed by atoms with Gasteiger partial charge in [0, 0.05) is 12.1 Å². The number of nitro groups is 1. The topological polar surface area (TPSA) is 97.1 Å². The molecule has 0 radical (unpaired) electrons. The van der Waals surface area contributed by atoms with Crippen molar-refractivity contribution in [2.24, 2.45) is 0 Å². The molecule has 182 valence electrons. The number of nitro benzene ring substituents is 1. The summed E-state index contributed by atoms with van der Waals surface area (Å²) in [6.07, 6.45) is -4.28. The van der Waals surface area contributed by atoms with E-state index in [9.17, 15) is 27.9 Å². The third-order valence-electron chi connectivity index (χ3n) is 4.10. The summed E-state index contributed by atoms with van der Waals surface area (Å²) < 4.78 is 72.2. The van der Waals surface area contributed by atoms with Crippen LogP contribution >= 0.6 is 19.2 Å². The van der Waals surface area contributed by atoms with Crippen molar-refractivity contribution in [2.75, 3.05) is 26.0 Å². The van der Waals surface area contributed by atoms with Gasteiger partial charge in [0.1, 0.15) is 11.5 Å². The van der Waals surface area contributed by atoms with Crippen LogP contribution in [-0.2, 0) is 19.8 Å². The molecule has 0 fully saturated rings. The van der Waals surface area contributed by atoms with E-state index in [2.05, 4.69) is 0 Å². The first-order valence-electron chi connectivity index (χ1n) is 9.83. The van der Waals surface area contributed by atoms with Crippen LogP contribution in [0.5, 0.6) is 17.2 Å². The molecule has 0 amide bonds. The summed E-state index contributed by atoms with van der Waals surface area (Å²) in [7, 11) is -3.28. The Morgan fingerprint density at radius 2 is 1.73 bits per heavy atom. The zero-order chi connectivity index (χ0) is 24.6. The number of nitrogens with zero attached hydrogens (tertiary/aromatic N) is 1. The average Bonchev–Trinajstić information content (AvgIpc) is 2.72. The molecule has 0 N–H and O–H groups in total. The zero-order valence-electron chi connectivity index (χ0n) is 17.8. The van der Waals surface area contributed by atoms with Gasteiger partial charge in [-0.3, -0.25) is 14.7 Å². The Morgan fingerprint density at radius 3 is 2.27 bits per heavy atom. The molecule has 33 heavy (non-hydrogen) atoms. The van der Waals surface area contributed by atoms with E-state index in [1.807, 2.05) is 0 Å². The molecule has 0 spiro atoms. The Morgan fingerprint density at radius 1 is 1.06 bits per heavy atom. The van der Waals surface area contributed by atoms with Crippen LogP contribution in [-0.4, -0.2) is 30.9 Å². The molecule has 0 heterocycles. The van der Waals surface area contributed by atoms with Crippen LogP contribution in [0.4, 0.5) is 18.9 Å². The minimum Gasteiger partial charge on any atom is -0.487 e. The molecule has 8 nitrogen and oxygen atoms in total.